The van der Waals surface area contributed by atoms with Gasteiger partial charge in [-0.3, -0.25) is 4.79 Å². The van der Waals surface area contributed by atoms with Crippen LogP contribution in [-0.4, -0.2) is 17.4 Å². The second-order valence-electron chi connectivity index (χ2n) is 7.22. The molecular formula is C25H20BrN3O2. The Labute approximate surface area is 188 Å². The summed E-state index contributed by atoms with van der Waals surface area (Å²) >= 11 is 3.55. The number of hydrogen-bond acceptors (Lipinski definition) is 3. The first-order valence-corrected chi connectivity index (χ1v) is 10.7. The number of rotatable bonds is 6. The number of carbonyl (C=O) groups is 1. The van der Waals surface area contributed by atoms with Crippen molar-refractivity contribution in [1.29, 1.82) is 5.26 Å². The molecular weight excluding hydrogens is 454 g/mol. The Morgan fingerprint density at radius 2 is 2.06 bits per heavy atom. The highest BCUT2D eigenvalue weighted by atomic mass is 79.9. The normalized spacial score (nSPS) is 11.5. The summed E-state index contributed by atoms with van der Waals surface area (Å²) in [6.45, 7) is 2.45. The van der Waals surface area contributed by atoms with Gasteiger partial charge in [0.15, 0.2) is 0 Å². The van der Waals surface area contributed by atoms with Crippen LogP contribution in [0.1, 0.15) is 16.9 Å². The van der Waals surface area contributed by atoms with Crippen LogP contribution in [0.25, 0.3) is 28.3 Å². The van der Waals surface area contributed by atoms with E-state index in [0.29, 0.717) is 24.5 Å². The van der Waals surface area contributed by atoms with E-state index in [1.54, 1.807) is 6.07 Å². The first-order chi connectivity index (χ1) is 15.0. The van der Waals surface area contributed by atoms with Crippen molar-refractivity contribution >= 4 is 38.8 Å². The molecule has 0 aliphatic heterocycles. The molecule has 6 heteroatoms. The molecule has 2 aromatic heterocycles. The van der Waals surface area contributed by atoms with Crippen LogP contribution in [0.4, 0.5) is 0 Å². The van der Waals surface area contributed by atoms with Crippen LogP contribution in [0, 0.1) is 18.3 Å². The molecule has 2 aromatic carbocycles. The monoisotopic (exact) mass is 473 g/mol. The molecule has 0 atom stereocenters. The van der Waals surface area contributed by atoms with Gasteiger partial charge in [-0.05, 0) is 54.8 Å². The SMILES string of the molecule is Cc1ccc(-c2ccc(C=C(C#N)C(=O)NCCc3c[nH]c4ccccc34)o2)c(Br)c1. The van der Waals surface area contributed by atoms with Gasteiger partial charge in [0.1, 0.15) is 23.2 Å². The Kier molecular flexibility index (Phi) is 6.06. The quantitative estimate of drug-likeness (QED) is 0.275. The van der Waals surface area contributed by atoms with E-state index in [1.165, 1.54) is 6.08 Å². The number of para-hydroxylation sites is 1. The number of aromatic nitrogens is 1. The molecule has 0 bridgehead atoms. The summed E-state index contributed by atoms with van der Waals surface area (Å²) in [6.07, 6.45) is 4.08. The Hall–Kier alpha value is -3.56. The number of hydrogen-bond donors (Lipinski definition) is 2. The molecule has 0 fully saturated rings. The van der Waals surface area contributed by atoms with Crippen molar-refractivity contribution in [1.82, 2.24) is 10.3 Å². The lowest BCUT2D eigenvalue weighted by Gasteiger charge is -2.04. The van der Waals surface area contributed by atoms with Crippen molar-refractivity contribution in [3.63, 3.8) is 0 Å². The van der Waals surface area contributed by atoms with Gasteiger partial charge >= 0.3 is 0 Å². The van der Waals surface area contributed by atoms with E-state index >= 15 is 0 Å². The van der Waals surface area contributed by atoms with Gasteiger partial charge in [-0.25, -0.2) is 0 Å². The highest BCUT2D eigenvalue weighted by Crippen LogP contribution is 2.31. The van der Waals surface area contributed by atoms with E-state index in [2.05, 4.69) is 26.2 Å². The fourth-order valence-electron chi connectivity index (χ4n) is 3.43. The second kappa shape index (κ2) is 9.07. The van der Waals surface area contributed by atoms with E-state index in [9.17, 15) is 10.1 Å². The predicted molar refractivity (Wildman–Crippen MR) is 125 cm³/mol. The van der Waals surface area contributed by atoms with E-state index in [0.717, 1.165) is 32.1 Å². The molecule has 0 saturated carbocycles. The van der Waals surface area contributed by atoms with Gasteiger partial charge in [0.25, 0.3) is 5.91 Å². The van der Waals surface area contributed by atoms with Crippen molar-refractivity contribution in [3.8, 4) is 17.4 Å². The summed E-state index contributed by atoms with van der Waals surface area (Å²) in [4.78, 5) is 15.7. The minimum absolute atomic E-state index is 0.00259. The van der Waals surface area contributed by atoms with Crippen LogP contribution in [0.5, 0.6) is 0 Å². The van der Waals surface area contributed by atoms with E-state index in [4.69, 9.17) is 4.42 Å². The average molecular weight is 474 g/mol. The van der Waals surface area contributed by atoms with Gasteiger partial charge in [0.2, 0.25) is 0 Å². The third kappa shape index (κ3) is 4.62. The molecule has 0 spiro atoms. The molecule has 0 aliphatic carbocycles. The molecule has 1 amide bonds. The van der Waals surface area contributed by atoms with Crippen LogP contribution >= 0.6 is 15.9 Å². The lowest BCUT2D eigenvalue weighted by molar-refractivity contribution is -0.117. The lowest BCUT2D eigenvalue weighted by Crippen LogP contribution is -2.26. The fraction of sp³-hybridized carbons (Fsp3) is 0.120. The van der Waals surface area contributed by atoms with Gasteiger partial charge in [0, 0.05) is 39.8 Å². The Morgan fingerprint density at radius 1 is 1.23 bits per heavy atom. The third-order valence-corrected chi connectivity index (χ3v) is 5.68. The minimum Gasteiger partial charge on any atom is -0.457 e. The zero-order valence-corrected chi connectivity index (χ0v) is 18.5. The first-order valence-electron chi connectivity index (χ1n) is 9.86. The lowest BCUT2D eigenvalue weighted by atomic mass is 10.1. The molecule has 2 heterocycles. The maximum Gasteiger partial charge on any atom is 0.262 e. The minimum atomic E-state index is -0.420. The molecule has 4 aromatic rings. The topological polar surface area (TPSA) is 81.8 Å². The van der Waals surface area contributed by atoms with Gasteiger partial charge in [-0.2, -0.15) is 5.26 Å². The van der Waals surface area contributed by atoms with Crippen molar-refractivity contribution in [2.24, 2.45) is 0 Å². The molecule has 0 unspecified atom stereocenters. The molecule has 0 radical (unpaired) electrons. The number of furan rings is 1. The largest absolute Gasteiger partial charge is 0.457 e. The summed E-state index contributed by atoms with van der Waals surface area (Å²) in [6, 6.07) is 19.5. The first kappa shape index (κ1) is 20.7. The number of carbonyl (C=O) groups excluding carboxylic acids is 1. The Balaban J connectivity index is 1.43. The van der Waals surface area contributed by atoms with Gasteiger partial charge in [0.05, 0.1) is 0 Å². The number of halogens is 1. The number of aromatic amines is 1. The molecule has 0 aliphatic rings. The number of H-pyrrole nitrogens is 1. The maximum absolute atomic E-state index is 12.5. The third-order valence-electron chi connectivity index (χ3n) is 5.02. The van der Waals surface area contributed by atoms with E-state index in [-0.39, 0.29) is 5.57 Å². The molecule has 0 saturated heterocycles. The number of fused-ring (bicyclic) bond motifs is 1. The zero-order chi connectivity index (χ0) is 21.8. The fourth-order valence-corrected chi connectivity index (χ4v) is 4.12. The van der Waals surface area contributed by atoms with Crippen molar-refractivity contribution in [3.05, 3.63) is 87.7 Å². The number of amides is 1. The standard InChI is InChI=1S/C25H20BrN3O2/c1-16-6-8-21(22(26)12-16)24-9-7-19(31-24)13-18(14-27)25(30)28-11-10-17-15-29-23-5-3-2-4-20(17)23/h2-9,12-13,15,29H,10-11H2,1H3,(H,28,30). The molecule has 154 valence electrons. The van der Waals surface area contributed by atoms with Crippen LogP contribution in [-0.2, 0) is 11.2 Å². The summed E-state index contributed by atoms with van der Waals surface area (Å²) < 4.78 is 6.77. The van der Waals surface area contributed by atoms with Crippen molar-refractivity contribution < 1.29 is 9.21 Å². The van der Waals surface area contributed by atoms with Crippen LogP contribution < -0.4 is 5.32 Å². The van der Waals surface area contributed by atoms with E-state index < -0.39 is 5.91 Å². The molecule has 31 heavy (non-hydrogen) atoms. The number of nitrogens with zero attached hydrogens (tertiary/aromatic N) is 1. The smallest absolute Gasteiger partial charge is 0.262 e. The highest BCUT2D eigenvalue weighted by molar-refractivity contribution is 9.10. The van der Waals surface area contributed by atoms with Crippen molar-refractivity contribution in [2.75, 3.05) is 6.54 Å². The van der Waals surface area contributed by atoms with Crippen LogP contribution in [0.3, 0.4) is 0 Å². The molecule has 2 N–H and O–H groups in total. The predicted octanol–water partition coefficient (Wildman–Crippen LogP) is 5.76. The summed E-state index contributed by atoms with van der Waals surface area (Å²) in [5, 5.41) is 13.4. The second-order valence-corrected chi connectivity index (χ2v) is 8.07. The van der Waals surface area contributed by atoms with Gasteiger partial charge in [-0.15, -0.1) is 0 Å². The van der Waals surface area contributed by atoms with E-state index in [1.807, 2.05) is 67.7 Å². The van der Waals surface area contributed by atoms with Crippen molar-refractivity contribution in [2.45, 2.75) is 13.3 Å². The van der Waals surface area contributed by atoms with Crippen LogP contribution in [0.15, 0.2) is 75.3 Å². The molecule has 5 nitrogen and oxygen atoms in total. The zero-order valence-electron chi connectivity index (χ0n) is 16.9. The maximum atomic E-state index is 12.5. The van der Waals surface area contributed by atoms with Gasteiger partial charge < -0.3 is 14.7 Å². The van der Waals surface area contributed by atoms with Gasteiger partial charge in [-0.1, -0.05) is 40.2 Å². The Morgan fingerprint density at radius 3 is 2.87 bits per heavy atom. The Bertz CT molecular complexity index is 1320. The highest BCUT2D eigenvalue weighted by Gasteiger charge is 2.12. The number of nitriles is 1. The summed E-state index contributed by atoms with van der Waals surface area (Å²) in [7, 11) is 0. The number of nitrogens with one attached hydrogen (secondary N) is 2. The molecule has 4 rings (SSSR count). The summed E-state index contributed by atoms with van der Waals surface area (Å²) in [5.41, 5.74) is 4.24. The van der Waals surface area contributed by atoms with Crippen LogP contribution in [0.2, 0.25) is 0 Å². The number of benzene rings is 2. The number of aryl methyl sites for hydroxylation is 1. The summed E-state index contributed by atoms with van der Waals surface area (Å²) in [5.74, 6) is 0.692. The average Bonchev–Trinajstić information content (AvgIpc) is 3.39.